The van der Waals surface area contributed by atoms with Crippen LogP contribution in [-0.2, 0) is 7.05 Å². The zero-order valence-electron chi connectivity index (χ0n) is 17.0. The molecule has 0 bridgehead atoms. The van der Waals surface area contributed by atoms with Crippen LogP contribution in [0.2, 0.25) is 0 Å². The first-order chi connectivity index (χ1) is 15.1. The standard InChI is InChI=1S/C24H19N5O2/c1-15-21-18(13-19(16-9-5-3-6-10-16)25-22(21)29(2)28-15)23(30)27-24-26-20(14-31-24)17-11-7-4-8-12-17/h3-14H,1-2H3,(H,26,27,30). The lowest BCUT2D eigenvalue weighted by atomic mass is 10.1. The average Bonchev–Trinajstić information content (AvgIpc) is 3.38. The van der Waals surface area contributed by atoms with Crippen LogP contribution < -0.4 is 5.32 Å². The predicted molar refractivity (Wildman–Crippen MR) is 119 cm³/mol. The van der Waals surface area contributed by atoms with Gasteiger partial charge < -0.3 is 4.42 Å². The number of fused-ring (bicyclic) bond motifs is 1. The number of hydrogen-bond donors (Lipinski definition) is 1. The maximum Gasteiger partial charge on any atom is 0.302 e. The molecule has 2 aromatic carbocycles. The van der Waals surface area contributed by atoms with Crippen LogP contribution >= 0.6 is 0 Å². The summed E-state index contributed by atoms with van der Waals surface area (Å²) in [5, 5.41) is 7.93. The summed E-state index contributed by atoms with van der Waals surface area (Å²) in [6, 6.07) is 21.3. The quantitative estimate of drug-likeness (QED) is 0.459. The SMILES string of the molecule is Cc1nn(C)c2nc(-c3ccccc3)cc(C(=O)Nc3nc(-c4ccccc4)co3)c12. The number of aryl methyl sites for hydroxylation is 2. The summed E-state index contributed by atoms with van der Waals surface area (Å²) in [6.07, 6.45) is 1.53. The van der Waals surface area contributed by atoms with Crippen LogP contribution in [-0.4, -0.2) is 25.7 Å². The van der Waals surface area contributed by atoms with Crippen LogP contribution in [0.15, 0.2) is 77.4 Å². The van der Waals surface area contributed by atoms with Gasteiger partial charge in [-0.25, -0.2) is 4.98 Å². The molecule has 0 aliphatic carbocycles. The molecule has 0 radical (unpaired) electrons. The second-order valence-electron chi connectivity index (χ2n) is 7.19. The van der Waals surface area contributed by atoms with Gasteiger partial charge in [0.25, 0.3) is 5.91 Å². The van der Waals surface area contributed by atoms with Gasteiger partial charge in [-0.1, -0.05) is 60.7 Å². The van der Waals surface area contributed by atoms with Crippen LogP contribution in [0.4, 0.5) is 6.01 Å². The number of aromatic nitrogens is 4. The Morgan fingerprint density at radius 3 is 2.26 bits per heavy atom. The third-order valence-corrected chi connectivity index (χ3v) is 5.08. The molecule has 7 heteroatoms. The number of rotatable bonds is 4. The number of pyridine rings is 1. The number of carbonyl (C=O) groups is 1. The Bertz CT molecular complexity index is 1390. The Kier molecular flexibility index (Phi) is 4.55. The second kappa shape index (κ2) is 7.53. The van der Waals surface area contributed by atoms with E-state index < -0.39 is 0 Å². The number of hydrogen-bond acceptors (Lipinski definition) is 5. The van der Waals surface area contributed by atoms with Gasteiger partial charge in [0.15, 0.2) is 5.65 Å². The molecule has 0 fully saturated rings. The van der Waals surface area contributed by atoms with Gasteiger partial charge in [-0.05, 0) is 13.0 Å². The van der Waals surface area contributed by atoms with Crippen LogP contribution in [0.1, 0.15) is 16.1 Å². The van der Waals surface area contributed by atoms with Gasteiger partial charge in [0.1, 0.15) is 12.0 Å². The fraction of sp³-hybridized carbons (Fsp3) is 0.0833. The summed E-state index contributed by atoms with van der Waals surface area (Å²) < 4.78 is 7.18. The van der Waals surface area contributed by atoms with Crippen LogP contribution in [0.25, 0.3) is 33.5 Å². The largest absolute Gasteiger partial charge is 0.431 e. The van der Waals surface area contributed by atoms with Crippen molar-refractivity contribution in [3.05, 3.63) is 84.3 Å². The van der Waals surface area contributed by atoms with Crippen molar-refractivity contribution < 1.29 is 9.21 Å². The highest BCUT2D eigenvalue weighted by Crippen LogP contribution is 2.28. The van der Waals surface area contributed by atoms with E-state index in [0.717, 1.165) is 16.8 Å². The van der Waals surface area contributed by atoms with E-state index in [1.807, 2.05) is 74.6 Å². The molecule has 0 aliphatic heterocycles. The molecular formula is C24H19N5O2. The zero-order valence-corrected chi connectivity index (χ0v) is 17.0. The summed E-state index contributed by atoms with van der Waals surface area (Å²) in [7, 11) is 1.82. The van der Waals surface area contributed by atoms with Gasteiger partial charge in [0.2, 0.25) is 0 Å². The molecular weight excluding hydrogens is 390 g/mol. The Morgan fingerprint density at radius 1 is 0.935 bits per heavy atom. The number of oxazole rings is 1. The van der Waals surface area contributed by atoms with E-state index >= 15 is 0 Å². The number of carbonyl (C=O) groups excluding carboxylic acids is 1. The maximum absolute atomic E-state index is 13.2. The molecule has 5 rings (SSSR count). The number of amides is 1. The predicted octanol–water partition coefficient (Wildman–Crippen LogP) is 4.85. The van der Waals surface area contributed by atoms with Crippen molar-refractivity contribution in [2.75, 3.05) is 5.32 Å². The van der Waals surface area contributed by atoms with E-state index in [1.54, 1.807) is 10.7 Å². The molecule has 0 saturated carbocycles. The molecule has 3 aromatic heterocycles. The molecule has 1 amide bonds. The number of nitrogens with zero attached hydrogens (tertiary/aromatic N) is 4. The minimum Gasteiger partial charge on any atom is -0.431 e. The Balaban J connectivity index is 1.55. The summed E-state index contributed by atoms with van der Waals surface area (Å²) >= 11 is 0. The minimum absolute atomic E-state index is 0.136. The summed E-state index contributed by atoms with van der Waals surface area (Å²) in [6.45, 7) is 1.86. The smallest absolute Gasteiger partial charge is 0.302 e. The van der Waals surface area contributed by atoms with Gasteiger partial charge in [-0.3, -0.25) is 14.8 Å². The van der Waals surface area contributed by atoms with Crippen molar-refractivity contribution in [2.45, 2.75) is 6.92 Å². The molecule has 152 valence electrons. The number of anilines is 1. The molecule has 0 aliphatic rings. The highest BCUT2D eigenvalue weighted by molar-refractivity contribution is 6.12. The van der Waals surface area contributed by atoms with E-state index in [0.29, 0.717) is 28.0 Å². The number of benzene rings is 2. The Hall–Kier alpha value is -4.26. The molecule has 0 spiro atoms. The van der Waals surface area contributed by atoms with Crippen molar-refractivity contribution in [3.8, 4) is 22.5 Å². The highest BCUT2D eigenvalue weighted by Gasteiger charge is 2.20. The summed E-state index contributed by atoms with van der Waals surface area (Å²) in [5.41, 5.74) is 5.01. The van der Waals surface area contributed by atoms with E-state index in [-0.39, 0.29) is 11.9 Å². The fourth-order valence-corrected chi connectivity index (χ4v) is 3.62. The fourth-order valence-electron chi connectivity index (χ4n) is 3.62. The first kappa shape index (κ1) is 18.7. The van der Waals surface area contributed by atoms with Crippen LogP contribution in [0, 0.1) is 6.92 Å². The van der Waals surface area contributed by atoms with Gasteiger partial charge in [-0.15, -0.1) is 0 Å². The zero-order chi connectivity index (χ0) is 21.4. The van der Waals surface area contributed by atoms with Crippen molar-refractivity contribution in [3.63, 3.8) is 0 Å². The van der Waals surface area contributed by atoms with Crippen molar-refractivity contribution >= 4 is 23.0 Å². The minimum atomic E-state index is -0.331. The lowest BCUT2D eigenvalue weighted by Gasteiger charge is -2.08. The van der Waals surface area contributed by atoms with Crippen LogP contribution in [0.5, 0.6) is 0 Å². The molecule has 5 aromatic rings. The normalized spacial score (nSPS) is 11.0. The molecule has 0 atom stereocenters. The van der Waals surface area contributed by atoms with Crippen molar-refractivity contribution in [1.29, 1.82) is 0 Å². The molecule has 0 saturated heterocycles. The van der Waals surface area contributed by atoms with Gasteiger partial charge in [0, 0.05) is 18.2 Å². The third kappa shape index (κ3) is 3.46. The van der Waals surface area contributed by atoms with E-state index in [9.17, 15) is 4.79 Å². The molecule has 31 heavy (non-hydrogen) atoms. The van der Waals surface area contributed by atoms with Gasteiger partial charge in [0.05, 0.1) is 22.3 Å². The molecule has 0 unspecified atom stereocenters. The highest BCUT2D eigenvalue weighted by atomic mass is 16.4. The first-order valence-corrected chi connectivity index (χ1v) is 9.82. The number of nitrogens with one attached hydrogen (secondary N) is 1. The summed E-state index contributed by atoms with van der Waals surface area (Å²) in [5.74, 6) is -0.331. The van der Waals surface area contributed by atoms with Crippen LogP contribution in [0.3, 0.4) is 0 Å². The molecule has 7 nitrogen and oxygen atoms in total. The molecule has 3 heterocycles. The Labute approximate surface area is 178 Å². The van der Waals surface area contributed by atoms with Crippen molar-refractivity contribution in [2.24, 2.45) is 7.05 Å². The van der Waals surface area contributed by atoms with E-state index in [4.69, 9.17) is 9.40 Å². The van der Waals surface area contributed by atoms with Crippen molar-refractivity contribution in [1.82, 2.24) is 19.7 Å². The average molecular weight is 409 g/mol. The first-order valence-electron chi connectivity index (χ1n) is 9.82. The van der Waals surface area contributed by atoms with Gasteiger partial charge >= 0.3 is 6.01 Å². The van der Waals surface area contributed by atoms with Gasteiger partial charge in [-0.2, -0.15) is 10.1 Å². The van der Waals surface area contributed by atoms with E-state index in [2.05, 4.69) is 15.4 Å². The maximum atomic E-state index is 13.2. The second-order valence-corrected chi connectivity index (χ2v) is 7.19. The Morgan fingerprint density at radius 2 is 1.58 bits per heavy atom. The summed E-state index contributed by atoms with van der Waals surface area (Å²) in [4.78, 5) is 22.4. The molecule has 1 N–H and O–H groups in total. The topological polar surface area (TPSA) is 85.8 Å². The van der Waals surface area contributed by atoms with E-state index in [1.165, 1.54) is 6.26 Å². The monoisotopic (exact) mass is 409 g/mol. The lowest BCUT2D eigenvalue weighted by molar-refractivity contribution is 0.102. The third-order valence-electron chi connectivity index (χ3n) is 5.08. The lowest BCUT2D eigenvalue weighted by Crippen LogP contribution is -2.13.